The number of fused-ring (bicyclic) bond motifs is 1. The number of nitrogens with zero attached hydrogens (tertiary/aromatic N) is 8. The first-order valence-corrected chi connectivity index (χ1v) is 7.56. The maximum Gasteiger partial charge on any atom is 0.280 e. The van der Waals surface area contributed by atoms with E-state index in [4.69, 9.17) is 0 Å². The first kappa shape index (κ1) is 15.0. The summed E-state index contributed by atoms with van der Waals surface area (Å²) in [6.07, 6.45) is 6.98. The van der Waals surface area contributed by atoms with Crippen LogP contribution < -0.4 is 5.32 Å². The lowest BCUT2D eigenvalue weighted by molar-refractivity contribution is 0.102. The molecule has 0 bridgehead atoms. The van der Waals surface area contributed by atoms with Crippen LogP contribution in [0.1, 0.15) is 21.9 Å². The molecule has 4 rings (SSSR count). The number of aromatic nitrogens is 8. The van der Waals surface area contributed by atoms with Gasteiger partial charge in [-0.3, -0.25) is 14.8 Å². The molecule has 0 aromatic carbocycles. The number of imidazole rings is 1. The monoisotopic (exact) mass is 337 g/mol. The van der Waals surface area contributed by atoms with Gasteiger partial charge in [0.25, 0.3) is 5.91 Å². The third kappa shape index (κ3) is 2.63. The van der Waals surface area contributed by atoms with E-state index in [-0.39, 0.29) is 11.6 Å². The molecule has 4 aromatic rings. The maximum absolute atomic E-state index is 12.2. The molecular formula is C15H15N9O. The molecule has 0 fully saturated rings. The SMILES string of the molecule is Cc1cc(-n2ccnc2C)cn2nc(NC(=O)c3cn(C)nn3)nc12. The summed E-state index contributed by atoms with van der Waals surface area (Å²) in [5.41, 5.74) is 2.71. The summed E-state index contributed by atoms with van der Waals surface area (Å²) in [5, 5.41) is 14.5. The minimum Gasteiger partial charge on any atom is -0.302 e. The number of anilines is 1. The van der Waals surface area contributed by atoms with Crippen LogP contribution in [0.15, 0.2) is 30.9 Å². The summed E-state index contributed by atoms with van der Waals surface area (Å²) in [6, 6.07) is 1.99. The third-order valence-electron chi connectivity index (χ3n) is 3.77. The number of pyridine rings is 1. The van der Waals surface area contributed by atoms with Crippen LogP contribution >= 0.6 is 0 Å². The van der Waals surface area contributed by atoms with E-state index in [0.717, 1.165) is 17.1 Å². The number of amides is 1. The van der Waals surface area contributed by atoms with Crippen LogP contribution in [0.25, 0.3) is 11.3 Å². The predicted molar refractivity (Wildman–Crippen MR) is 88.5 cm³/mol. The van der Waals surface area contributed by atoms with Crippen molar-refractivity contribution < 1.29 is 4.79 Å². The van der Waals surface area contributed by atoms with Crippen LogP contribution in [0.5, 0.6) is 0 Å². The summed E-state index contributed by atoms with van der Waals surface area (Å²) in [4.78, 5) is 20.8. The normalized spacial score (nSPS) is 11.2. The molecule has 10 heteroatoms. The molecule has 0 aliphatic heterocycles. The second kappa shape index (κ2) is 5.51. The molecule has 0 spiro atoms. The van der Waals surface area contributed by atoms with Gasteiger partial charge in [0.05, 0.1) is 18.1 Å². The zero-order chi connectivity index (χ0) is 17.6. The summed E-state index contributed by atoms with van der Waals surface area (Å²) in [6.45, 7) is 3.86. The Labute approximate surface area is 142 Å². The van der Waals surface area contributed by atoms with E-state index in [0.29, 0.717) is 5.65 Å². The number of rotatable bonds is 3. The molecule has 0 saturated heterocycles. The van der Waals surface area contributed by atoms with E-state index in [2.05, 4.69) is 30.7 Å². The first-order chi connectivity index (χ1) is 12.0. The second-order valence-electron chi connectivity index (χ2n) is 5.66. The van der Waals surface area contributed by atoms with Crippen LogP contribution in [-0.4, -0.2) is 45.1 Å². The highest BCUT2D eigenvalue weighted by molar-refractivity contribution is 6.01. The van der Waals surface area contributed by atoms with Gasteiger partial charge in [0.15, 0.2) is 11.3 Å². The Morgan fingerprint density at radius 1 is 1.24 bits per heavy atom. The van der Waals surface area contributed by atoms with Crippen molar-refractivity contribution in [3.05, 3.63) is 47.9 Å². The zero-order valence-corrected chi connectivity index (χ0v) is 13.9. The van der Waals surface area contributed by atoms with Crippen molar-refractivity contribution in [1.82, 2.24) is 39.1 Å². The Morgan fingerprint density at radius 2 is 2.08 bits per heavy atom. The highest BCUT2D eigenvalue weighted by Gasteiger charge is 2.15. The molecule has 0 radical (unpaired) electrons. The molecule has 0 atom stereocenters. The minimum absolute atomic E-state index is 0.202. The summed E-state index contributed by atoms with van der Waals surface area (Å²) in [5.74, 6) is 0.667. The van der Waals surface area contributed by atoms with Gasteiger partial charge < -0.3 is 4.57 Å². The molecule has 25 heavy (non-hydrogen) atoms. The molecule has 1 N–H and O–H groups in total. The lowest BCUT2D eigenvalue weighted by Crippen LogP contribution is -2.13. The lowest BCUT2D eigenvalue weighted by atomic mass is 10.3. The number of aryl methyl sites for hydroxylation is 3. The quantitative estimate of drug-likeness (QED) is 0.595. The topological polar surface area (TPSA) is 108 Å². The minimum atomic E-state index is -0.410. The standard InChI is InChI=1S/C15H15N9O/c1-9-6-11(23-5-4-16-10(23)2)7-24-13(9)17-15(20-24)18-14(25)12-8-22(3)21-19-12/h4-8H,1-3H3,(H,18,20,25). The van der Waals surface area contributed by atoms with Gasteiger partial charge in [-0.25, -0.2) is 9.50 Å². The number of carbonyl (C=O) groups excluding carboxylic acids is 1. The van der Waals surface area contributed by atoms with Crippen molar-refractivity contribution in [1.29, 1.82) is 0 Å². The third-order valence-corrected chi connectivity index (χ3v) is 3.77. The summed E-state index contributed by atoms with van der Waals surface area (Å²) in [7, 11) is 1.69. The molecule has 126 valence electrons. The molecule has 4 aromatic heterocycles. The molecular weight excluding hydrogens is 322 g/mol. The van der Waals surface area contributed by atoms with Gasteiger partial charge in [0, 0.05) is 19.4 Å². The second-order valence-corrected chi connectivity index (χ2v) is 5.66. The number of carbonyl (C=O) groups is 1. The highest BCUT2D eigenvalue weighted by atomic mass is 16.2. The average molecular weight is 337 g/mol. The lowest BCUT2D eigenvalue weighted by Gasteiger charge is -2.06. The van der Waals surface area contributed by atoms with E-state index in [9.17, 15) is 4.79 Å². The molecule has 4 heterocycles. The smallest absolute Gasteiger partial charge is 0.280 e. The van der Waals surface area contributed by atoms with E-state index in [1.54, 1.807) is 17.8 Å². The van der Waals surface area contributed by atoms with E-state index < -0.39 is 5.91 Å². The molecule has 0 aliphatic carbocycles. The van der Waals surface area contributed by atoms with Crippen molar-refractivity contribution in [2.75, 3.05) is 5.32 Å². The van der Waals surface area contributed by atoms with Gasteiger partial charge in [-0.1, -0.05) is 5.21 Å². The number of hydrogen-bond donors (Lipinski definition) is 1. The van der Waals surface area contributed by atoms with Gasteiger partial charge in [-0.2, -0.15) is 4.98 Å². The fourth-order valence-corrected chi connectivity index (χ4v) is 2.58. The van der Waals surface area contributed by atoms with Crippen LogP contribution in [0, 0.1) is 13.8 Å². The van der Waals surface area contributed by atoms with Gasteiger partial charge in [-0.15, -0.1) is 10.2 Å². The summed E-state index contributed by atoms with van der Waals surface area (Å²) >= 11 is 0. The van der Waals surface area contributed by atoms with Crippen molar-refractivity contribution in [2.24, 2.45) is 7.05 Å². The van der Waals surface area contributed by atoms with Crippen LogP contribution in [0.2, 0.25) is 0 Å². The number of hydrogen-bond acceptors (Lipinski definition) is 6. The Hall–Kier alpha value is -3.56. The Bertz CT molecular complexity index is 1090. The largest absolute Gasteiger partial charge is 0.302 e. The predicted octanol–water partition coefficient (Wildman–Crippen LogP) is 0.913. The molecule has 1 amide bonds. The van der Waals surface area contributed by atoms with Crippen molar-refractivity contribution in [3.8, 4) is 5.69 Å². The maximum atomic E-state index is 12.2. The van der Waals surface area contributed by atoms with E-state index in [1.807, 2.05) is 36.9 Å². The molecule has 10 nitrogen and oxygen atoms in total. The summed E-state index contributed by atoms with van der Waals surface area (Å²) < 4.78 is 5.04. The molecule has 0 aliphatic rings. The number of nitrogens with one attached hydrogen (secondary N) is 1. The van der Waals surface area contributed by atoms with Gasteiger partial charge in [0.1, 0.15) is 5.82 Å². The average Bonchev–Trinajstić information content (AvgIpc) is 3.27. The molecule has 0 saturated carbocycles. The Balaban J connectivity index is 1.69. The van der Waals surface area contributed by atoms with E-state index >= 15 is 0 Å². The molecule has 0 unspecified atom stereocenters. The zero-order valence-electron chi connectivity index (χ0n) is 13.9. The first-order valence-electron chi connectivity index (χ1n) is 7.56. The Morgan fingerprint density at radius 3 is 2.76 bits per heavy atom. The van der Waals surface area contributed by atoms with E-state index in [1.165, 1.54) is 10.9 Å². The highest BCUT2D eigenvalue weighted by Crippen LogP contribution is 2.17. The fourth-order valence-electron chi connectivity index (χ4n) is 2.58. The van der Waals surface area contributed by atoms with Crippen molar-refractivity contribution >= 4 is 17.5 Å². The van der Waals surface area contributed by atoms with Crippen LogP contribution in [0.4, 0.5) is 5.95 Å². The van der Waals surface area contributed by atoms with Crippen LogP contribution in [-0.2, 0) is 7.05 Å². The fraction of sp³-hybridized carbons (Fsp3) is 0.200. The Kier molecular flexibility index (Phi) is 3.31. The van der Waals surface area contributed by atoms with Crippen LogP contribution in [0.3, 0.4) is 0 Å². The van der Waals surface area contributed by atoms with Gasteiger partial charge in [-0.05, 0) is 25.5 Å². The van der Waals surface area contributed by atoms with Gasteiger partial charge >= 0.3 is 0 Å². The van der Waals surface area contributed by atoms with Gasteiger partial charge in [0.2, 0.25) is 5.95 Å². The van der Waals surface area contributed by atoms with Crippen molar-refractivity contribution in [2.45, 2.75) is 13.8 Å². The van der Waals surface area contributed by atoms with Crippen molar-refractivity contribution in [3.63, 3.8) is 0 Å².